The van der Waals surface area contributed by atoms with Gasteiger partial charge in [-0.1, -0.05) is 49.0 Å². The van der Waals surface area contributed by atoms with Gasteiger partial charge in [-0.3, -0.25) is 4.79 Å². The molecule has 37 heavy (non-hydrogen) atoms. The van der Waals surface area contributed by atoms with Gasteiger partial charge >= 0.3 is 5.97 Å². The van der Waals surface area contributed by atoms with Gasteiger partial charge in [-0.2, -0.15) is 0 Å². The zero-order valence-corrected chi connectivity index (χ0v) is 22.4. The molecule has 4 rings (SSSR count). The Bertz CT molecular complexity index is 1250. The van der Waals surface area contributed by atoms with Gasteiger partial charge in [0.2, 0.25) is 5.91 Å². The van der Waals surface area contributed by atoms with E-state index >= 15 is 0 Å². The predicted molar refractivity (Wildman–Crippen MR) is 144 cm³/mol. The Balaban J connectivity index is 1.71. The molecule has 0 aliphatic carbocycles. The molecule has 0 saturated carbocycles. The normalized spacial score (nSPS) is 17.4. The molecule has 2 aliphatic heterocycles. The summed E-state index contributed by atoms with van der Waals surface area (Å²) < 4.78 is 16.2. The zero-order valence-electron chi connectivity index (χ0n) is 21.6. The molecule has 2 aromatic rings. The number of rotatable bonds is 9. The lowest BCUT2D eigenvalue weighted by atomic mass is 9.92. The van der Waals surface area contributed by atoms with Crippen molar-refractivity contribution in [2.75, 3.05) is 21.3 Å². The Labute approximate surface area is 221 Å². The smallest absolute Gasteiger partial charge is 0.338 e. The number of nitrogens with one attached hydrogen (secondary N) is 1. The minimum Gasteiger partial charge on any atom is -0.497 e. The SMILES string of the molecule is CCC1=C(C(=O)OC)[C@@H](c2cc(OC)cc(OC)c2)N2C(CC(=O)N[C@@H](C)c3ccccc3)=CSC2=N1. The molecule has 0 aromatic heterocycles. The van der Waals surface area contributed by atoms with Gasteiger partial charge in [-0.15, -0.1) is 0 Å². The highest BCUT2D eigenvalue weighted by atomic mass is 32.2. The molecule has 2 aliphatic rings. The van der Waals surface area contributed by atoms with E-state index in [2.05, 4.69) is 5.32 Å². The highest BCUT2D eigenvalue weighted by Crippen LogP contribution is 2.46. The highest BCUT2D eigenvalue weighted by molar-refractivity contribution is 8.16. The second-order valence-electron chi connectivity index (χ2n) is 8.62. The quantitative estimate of drug-likeness (QED) is 0.459. The molecule has 194 valence electrons. The fraction of sp³-hybridized carbons (Fsp3) is 0.321. The van der Waals surface area contributed by atoms with Crippen molar-refractivity contribution in [1.82, 2.24) is 10.2 Å². The third kappa shape index (κ3) is 5.51. The van der Waals surface area contributed by atoms with E-state index in [-0.39, 0.29) is 18.4 Å². The van der Waals surface area contributed by atoms with Crippen molar-refractivity contribution < 1.29 is 23.8 Å². The van der Waals surface area contributed by atoms with E-state index in [1.807, 2.05) is 66.6 Å². The number of amidine groups is 1. The lowest BCUT2D eigenvalue weighted by molar-refractivity contribution is -0.136. The van der Waals surface area contributed by atoms with Crippen LogP contribution in [0, 0.1) is 0 Å². The van der Waals surface area contributed by atoms with Crippen LogP contribution in [-0.4, -0.2) is 43.3 Å². The van der Waals surface area contributed by atoms with E-state index in [1.165, 1.54) is 18.9 Å². The van der Waals surface area contributed by atoms with Crippen molar-refractivity contribution in [3.63, 3.8) is 0 Å². The second-order valence-corrected chi connectivity index (χ2v) is 9.46. The number of carbonyl (C=O) groups excluding carboxylic acids is 2. The fourth-order valence-corrected chi connectivity index (χ4v) is 5.43. The van der Waals surface area contributed by atoms with Gasteiger partial charge in [0.1, 0.15) is 11.5 Å². The number of carbonyl (C=O) groups is 2. The second kappa shape index (κ2) is 11.6. The number of nitrogens with zero attached hydrogens (tertiary/aromatic N) is 2. The molecular formula is C28H31N3O5S. The first-order valence-electron chi connectivity index (χ1n) is 12.0. The highest BCUT2D eigenvalue weighted by Gasteiger charge is 2.42. The van der Waals surface area contributed by atoms with Crippen molar-refractivity contribution in [1.29, 1.82) is 0 Å². The van der Waals surface area contributed by atoms with Gasteiger partial charge in [0.05, 0.1) is 51.1 Å². The molecule has 8 nitrogen and oxygen atoms in total. The van der Waals surface area contributed by atoms with Crippen LogP contribution in [0.25, 0.3) is 0 Å². The Morgan fingerprint density at radius 1 is 1.08 bits per heavy atom. The molecule has 0 unspecified atom stereocenters. The number of hydrogen-bond acceptors (Lipinski definition) is 8. The maximum absolute atomic E-state index is 13.1. The Morgan fingerprint density at radius 3 is 2.35 bits per heavy atom. The topological polar surface area (TPSA) is 89.5 Å². The summed E-state index contributed by atoms with van der Waals surface area (Å²) in [5, 5.41) is 5.70. The standard InChI is InChI=1S/C28H31N3O5S/c1-6-23-25(27(33)36-5)26(19-12-21(34-3)15-22(13-19)35-4)31-20(16-37-28(31)30-23)14-24(32)29-17(2)18-10-8-7-9-11-18/h7-13,15-17,26H,6,14H2,1-5H3,(H,29,32)/t17-,26+/m0/s1. The summed E-state index contributed by atoms with van der Waals surface area (Å²) in [6.07, 6.45) is 0.668. The van der Waals surface area contributed by atoms with Crippen LogP contribution in [0.15, 0.2) is 75.9 Å². The molecule has 2 heterocycles. The van der Waals surface area contributed by atoms with Gasteiger partial charge in [0, 0.05) is 11.8 Å². The van der Waals surface area contributed by atoms with E-state index in [9.17, 15) is 9.59 Å². The number of fused-ring (bicyclic) bond motifs is 1. The van der Waals surface area contributed by atoms with Gasteiger partial charge in [0.15, 0.2) is 5.17 Å². The molecule has 0 saturated heterocycles. The molecule has 9 heteroatoms. The van der Waals surface area contributed by atoms with Crippen LogP contribution in [0.5, 0.6) is 11.5 Å². The van der Waals surface area contributed by atoms with Crippen LogP contribution in [0.3, 0.4) is 0 Å². The predicted octanol–water partition coefficient (Wildman–Crippen LogP) is 5.11. The van der Waals surface area contributed by atoms with E-state index in [4.69, 9.17) is 19.2 Å². The molecule has 0 fully saturated rings. The third-order valence-electron chi connectivity index (χ3n) is 6.34. The van der Waals surface area contributed by atoms with Crippen molar-refractivity contribution in [2.45, 2.75) is 38.8 Å². The molecular weight excluding hydrogens is 490 g/mol. The maximum atomic E-state index is 13.1. The zero-order chi connectivity index (χ0) is 26.5. The molecule has 1 amide bonds. The summed E-state index contributed by atoms with van der Waals surface area (Å²) in [4.78, 5) is 32.9. The number of aliphatic imine (C=N–C) groups is 1. The number of methoxy groups -OCH3 is 3. The Kier molecular flexibility index (Phi) is 8.23. The molecule has 1 N–H and O–H groups in total. The number of amides is 1. The molecule has 2 aromatic carbocycles. The summed E-state index contributed by atoms with van der Waals surface area (Å²) in [6, 6.07) is 14.6. The maximum Gasteiger partial charge on any atom is 0.338 e. The monoisotopic (exact) mass is 521 g/mol. The van der Waals surface area contributed by atoms with Crippen LogP contribution >= 0.6 is 11.8 Å². The third-order valence-corrected chi connectivity index (χ3v) is 7.23. The van der Waals surface area contributed by atoms with Gasteiger partial charge in [-0.25, -0.2) is 9.79 Å². The minimum atomic E-state index is -0.570. The Morgan fingerprint density at radius 2 is 1.76 bits per heavy atom. The number of hydrogen-bond donors (Lipinski definition) is 1. The summed E-state index contributed by atoms with van der Waals surface area (Å²) in [6.45, 7) is 3.91. The van der Waals surface area contributed by atoms with Crippen molar-refractivity contribution in [3.8, 4) is 11.5 Å². The van der Waals surface area contributed by atoms with E-state index in [0.29, 0.717) is 34.4 Å². The molecule has 0 spiro atoms. The fourth-order valence-electron chi connectivity index (χ4n) is 4.50. The van der Waals surface area contributed by atoms with E-state index < -0.39 is 12.0 Å². The van der Waals surface area contributed by atoms with Crippen molar-refractivity contribution >= 4 is 28.8 Å². The van der Waals surface area contributed by atoms with E-state index in [1.54, 1.807) is 20.3 Å². The van der Waals surface area contributed by atoms with Gasteiger partial charge in [0.25, 0.3) is 0 Å². The van der Waals surface area contributed by atoms with Crippen LogP contribution in [0.2, 0.25) is 0 Å². The number of esters is 1. The summed E-state index contributed by atoms with van der Waals surface area (Å²) in [5.41, 5.74) is 3.60. The summed E-state index contributed by atoms with van der Waals surface area (Å²) >= 11 is 1.44. The number of ether oxygens (including phenoxy) is 3. The number of thioether (sulfide) groups is 1. The van der Waals surface area contributed by atoms with Crippen LogP contribution in [-0.2, 0) is 14.3 Å². The largest absolute Gasteiger partial charge is 0.497 e. The summed E-state index contributed by atoms with van der Waals surface area (Å²) in [7, 11) is 4.52. The van der Waals surface area contributed by atoms with Crippen molar-refractivity contribution in [3.05, 3.63) is 82.0 Å². The number of benzene rings is 2. The average Bonchev–Trinajstić information content (AvgIpc) is 3.33. The van der Waals surface area contributed by atoms with Crippen LogP contribution in [0.4, 0.5) is 0 Å². The molecule has 0 bridgehead atoms. The van der Waals surface area contributed by atoms with Gasteiger partial charge < -0.3 is 24.4 Å². The molecule has 2 atom stereocenters. The minimum absolute atomic E-state index is 0.122. The lowest BCUT2D eigenvalue weighted by Crippen LogP contribution is -2.38. The molecule has 0 radical (unpaired) electrons. The first kappa shape index (κ1) is 26.3. The van der Waals surface area contributed by atoms with Crippen LogP contribution in [0.1, 0.15) is 49.9 Å². The summed E-state index contributed by atoms with van der Waals surface area (Å²) in [5.74, 6) is 0.584. The first-order valence-corrected chi connectivity index (χ1v) is 12.9. The average molecular weight is 522 g/mol. The van der Waals surface area contributed by atoms with Crippen LogP contribution < -0.4 is 14.8 Å². The first-order chi connectivity index (χ1) is 17.9. The Hall–Kier alpha value is -3.72. The van der Waals surface area contributed by atoms with E-state index in [0.717, 1.165) is 16.8 Å². The van der Waals surface area contributed by atoms with Crippen molar-refractivity contribution in [2.24, 2.45) is 4.99 Å². The van der Waals surface area contributed by atoms with Gasteiger partial charge in [-0.05, 0) is 42.0 Å². The lowest BCUT2D eigenvalue weighted by Gasteiger charge is -2.36. The number of allylic oxidation sites excluding steroid dienone is 1.